The molecule has 2 heterocycles. The molecule has 0 fully saturated rings. The van der Waals surface area contributed by atoms with Crippen LogP contribution in [0.25, 0.3) is 0 Å². The lowest BCUT2D eigenvalue weighted by molar-refractivity contribution is 0.240. The predicted octanol–water partition coefficient (Wildman–Crippen LogP) is 6.07. The molecule has 0 N–H and O–H groups in total. The summed E-state index contributed by atoms with van der Waals surface area (Å²) < 4.78 is 1.82. The zero-order valence-electron chi connectivity index (χ0n) is 22.6. The molecule has 0 saturated heterocycles. The van der Waals surface area contributed by atoms with E-state index in [4.69, 9.17) is 4.98 Å². The van der Waals surface area contributed by atoms with Gasteiger partial charge < -0.3 is 4.90 Å². The van der Waals surface area contributed by atoms with Crippen molar-refractivity contribution in [1.82, 2.24) is 14.5 Å². The third-order valence-corrected chi connectivity index (χ3v) is 7.43. The molecule has 196 valence electrons. The standard InChI is InChI=1S/C33H38N4O/c1-3-20-36(21-4-2)29-17-15-26(16-18-29)23-35-22-19-31-30(24-35)33(38)37(25-34-31)32(27-11-7-5-8-12-27)28-13-9-6-10-14-28/h5-18,25,32H,3-4,19-24H2,1-2H3. The number of nitrogens with zero attached hydrogens (tertiary/aromatic N) is 4. The van der Waals surface area contributed by atoms with Gasteiger partial charge >= 0.3 is 0 Å². The first-order chi connectivity index (χ1) is 18.7. The van der Waals surface area contributed by atoms with E-state index in [9.17, 15) is 4.79 Å². The molecule has 0 atom stereocenters. The number of benzene rings is 3. The van der Waals surface area contributed by atoms with Crippen molar-refractivity contribution in [2.45, 2.75) is 52.2 Å². The Hall–Kier alpha value is -3.70. The molecule has 0 bridgehead atoms. The van der Waals surface area contributed by atoms with Crippen molar-refractivity contribution < 1.29 is 0 Å². The predicted molar refractivity (Wildman–Crippen MR) is 156 cm³/mol. The molecule has 0 unspecified atom stereocenters. The van der Waals surface area contributed by atoms with E-state index in [1.54, 1.807) is 6.33 Å². The number of aromatic nitrogens is 2. The third-order valence-electron chi connectivity index (χ3n) is 7.43. The van der Waals surface area contributed by atoms with Gasteiger partial charge in [0, 0.05) is 44.8 Å². The van der Waals surface area contributed by atoms with E-state index in [1.807, 2.05) is 41.0 Å². The van der Waals surface area contributed by atoms with Gasteiger partial charge in [-0.15, -0.1) is 0 Å². The lowest BCUT2D eigenvalue weighted by Gasteiger charge is -2.29. The molecule has 0 aliphatic carbocycles. The maximum Gasteiger partial charge on any atom is 0.258 e. The van der Waals surface area contributed by atoms with Crippen LogP contribution in [0.5, 0.6) is 0 Å². The molecule has 38 heavy (non-hydrogen) atoms. The fourth-order valence-electron chi connectivity index (χ4n) is 5.57. The van der Waals surface area contributed by atoms with Crippen LogP contribution in [0, 0.1) is 0 Å². The van der Waals surface area contributed by atoms with Crippen LogP contribution in [0.2, 0.25) is 0 Å². The van der Waals surface area contributed by atoms with Gasteiger partial charge in [0.25, 0.3) is 5.56 Å². The van der Waals surface area contributed by atoms with Crippen molar-refractivity contribution in [2.24, 2.45) is 0 Å². The van der Waals surface area contributed by atoms with Gasteiger partial charge in [0.05, 0.1) is 23.6 Å². The van der Waals surface area contributed by atoms with Crippen LogP contribution in [-0.2, 0) is 19.5 Å². The zero-order valence-corrected chi connectivity index (χ0v) is 22.6. The van der Waals surface area contributed by atoms with Gasteiger partial charge in [0.15, 0.2) is 0 Å². The van der Waals surface area contributed by atoms with Crippen molar-refractivity contribution in [1.29, 1.82) is 0 Å². The van der Waals surface area contributed by atoms with Crippen LogP contribution in [0.4, 0.5) is 5.69 Å². The number of fused-ring (bicyclic) bond motifs is 1. The molecule has 5 rings (SSSR count). The summed E-state index contributed by atoms with van der Waals surface area (Å²) >= 11 is 0. The van der Waals surface area contributed by atoms with E-state index in [1.165, 1.54) is 11.3 Å². The highest BCUT2D eigenvalue weighted by Gasteiger charge is 2.25. The maximum absolute atomic E-state index is 13.9. The Balaban J connectivity index is 1.39. The smallest absolute Gasteiger partial charge is 0.258 e. The van der Waals surface area contributed by atoms with Gasteiger partial charge in [-0.05, 0) is 41.7 Å². The summed E-state index contributed by atoms with van der Waals surface area (Å²) in [5.41, 5.74) is 6.55. The molecule has 3 aromatic carbocycles. The molecule has 4 aromatic rings. The quantitative estimate of drug-likeness (QED) is 0.262. The first-order valence-electron chi connectivity index (χ1n) is 13.9. The van der Waals surface area contributed by atoms with Gasteiger partial charge in [-0.3, -0.25) is 14.3 Å². The van der Waals surface area contributed by atoms with Gasteiger partial charge in [-0.1, -0.05) is 86.6 Å². The minimum atomic E-state index is -0.209. The fourth-order valence-corrected chi connectivity index (χ4v) is 5.57. The molecule has 1 aromatic heterocycles. The zero-order chi connectivity index (χ0) is 26.3. The highest BCUT2D eigenvalue weighted by Crippen LogP contribution is 2.26. The Morgan fingerprint density at radius 1 is 0.842 bits per heavy atom. The van der Waals surface area contributed by atoms with Crippen molar-refractivity contribution in [2.75, 3.05) is 24.5 Å². The van der Waals surface area contributed by atoms with E-state index in [0.717, 1.165) is 67.8 Å². The first-order valence-corrected chi connectivity index (χ1v) is 13.9. The second-order valence-corrected chi connectivity index (χ2v) is 10.2. The largest absolute Gasteiger partial charge is 0.372 e. The topological polar surface area (TPSA) is 41.4 Å². The monoisotopic (exact) mass is 506 g/mol. The van der Waals surface area contributed by atoms with Crippen molar-refractivity contribution in [3.8, 4) is 0 Å². The van der Waals surface area contributed by atoms with Crippen molar-refractivity contribution >= 4 is 5.69 Å². The second kappa shape index (κ2) is 12.2. The SMILES string of the molecule is CCCN(CCC)c1ccc(CN2CCc3ncn(C(c4ccccc4)c4ccccc4)c(=O)c3C2)cc1. The number of anilines is 1. The number of rotatable bonds is 10. The van der Waals surface area contributed by atoms with Crippen molar-refractivity contribution in [3.63, 3.8) is 0 Å². The summed E-state index contributed by atoms with van der Waals surface area (Å²) in [6.45, 7) is 8.99. The third kappa shape index (κ3) is 5.73. The lowest BCUT2D eigenvalue weighted by atomic mass is 9.98. The van der Waals surface area contributed by atoms with Crippen LogP contribution in [0.1, 0.15) is 60.7 Å². The minimum Gasteiger partial charge on any atom is -0.372 e. The van der Waals surface area contributed by atoms with Crippen LogP contribution in [0.3, 0.4) is 0 Å². The second-order valence-electron chi connectivity index (χ2n) is 10.2. The molecule has 5 heteroatoms. The number of hydrogen-bond donors (Lipinski definition) is 0. The van der Waals surface area contributed by atoms with Gasteiger partial charge in [-0.25, -0.2) is 4.98 Å². The summed E-state index contributed by atoms with van der Waals surface area (Å²) in [6.07, 6.45) is 4.84. The first kappa shape index (κ1) is 25.9. The summed E-state index contributed by atoms with van der Waals surface area (Å²) in [4.78, 5) is 23.6. The molecule has 0 spiro atoms. The van der Waals surface area contributed by atoms with E-state index in [-0.39, 0.29) is 11.6 Å². The Kier molecular flexibility index (Phi) is 8.34. The van der Waals surface area contributed by atoms with Gasteiger partial charge in [-0.2, -0.15) is 0 Å². The lowest BCUT2D eigenvalue weighted by Crippen LogP contribution is -2.38. The summed E-state index contributed by atoms with van der Waals surface area (Å²) in [7, 11) is 0. The Labute approximate surface area is 226 Å². The molecular formula is C33H38N4O. The van der Waals surface area contributed by atoms with E-state index in [2.05, 4.69) is 72.2 Å². The Bertz CT molecular complexity index is 1320. The van der Waals surface area contributed by atoms with Crippen LogP contribution >= 0.6 is 0 Å². The molecule has 5 nitrogen and oxygen atoms in total. The van der Waals surface area contributed by atoms with Crippen LogP contribution < -0.4 is 10.5 Å². The molecule has 1 aliphatic rings. The average Bonchev–Trinajstić information content (AvgIpc) is 2.96. The molecule has 0 amide bonds. The number of hydrogen-bond acceptors (Lipinski definition) is 4. The molecule has 1 aliphatic heterocycles. The van der Waals surface area contributed by atoms with Crippen LogP contribution in [-0.4, -0.2) is 34.1 Å². The van der Waals surface area contributed by atoms with E-state index >= 15 is 0 Å². The Morgan fingerprint density at radius 2 is 1.45 bits per heavy atom. The molecular weight excluding hydrogens is 468 g/mol. The average molecular weight is 507 g/mol. The summed E-state index contributed by atoms with van der Waals surface area (Å²) in [6, 6.07) is 29.2. The van der Waals surface area contributed by atoms with Gasteiger partial charge in [0.1, 0.15) is 0 Å². The highest BCUT2D eigenvalue weighted by molar-refractivity contribution is 5.47. The summed E-state index contributed by atoms with van der Waals surface area (Å²) in [5, 5.41) is 0. The maximum atomic E-state index is 13.9. The summed E-state index contributed by atoms with van der Waals surface area (Å²) in [5.74, 6) is 0. The minimum absolute atomic E-state index is 0.0579. The normalized spacial score (nSPS) is 13.4. The van der Waals surface area contributed by atoms with Crippen molar-refractivity contribution in [3.05, 3.63) is 130 Å². The van der Waals surface area contributed by atoms with E-state index in [0.29, 0.717) is 6.54 Å². The molecule has 0 radical (unpaired) electrons. The molecule has 0 saturated carbocycles. The Morgan fingerprint density at radius 3 is 2.03 bits per heavy atom. The van der Waals surface area contributed by atoms with Gasteiger partial charge in [0.2, 0.25) is 0 Å². The fraction of sp³-hybridized carbons (Fsp3) is 0.333. The van der Waals surface area contributed by atoms with E-state index < -0.39 is 0 Å². The van der Waals surface area contributed by atoms with Crippen LogP contribution in [0.15, 0.2) is 96.1 Å². The highest BCUT2D eigenvalue weighted by atomic mass is 16.1.